The molecule has 3 heterocycles. The van der Waals surface area contributed by atoms with Crippen LogP contribution in [0.2, 0.25) is 0 Å². The number of para-hydroxylation sites is 3. The summed E-state index contributed by atoms with van der Waals surface area (Å²) < 4.78 is 9.06. The fourth-order valence-corrected chi connectivity index (χ4v) is 9.10. The molecule has 0 fully saturated rings. The van der Waals surface area contributed by atoms with E-state index in [0.717, 1.165) is 44.1 Å². The molecule has 11 aromatic rings. The van der Waals surface area contributed by atoms with E-state index < -0.39 is 0 Å². The molecule has 51 heavy (non-hydrogen) atoms. The molecular formula is C48H29NOS. The Morgan fingerprint density at radius 3 is 1.84 bits per heavy atom. The Hall–Kier alpha value is -6.42. The van der Waals surface area contributed by atoms with Gasteiger partial charge in [0.05, 0.1) is 5.52 Å². The lowest BCUT2D eigenvalue weighted by atomic mass is 9.95. The number of rotatable bonds is 4. The topological polar surface area (TPSA) is 28.9 Å². The minimum Gasteiger partial charge on any atom is -0.455 e. The largest absolute Gasteiger partial charge is 0.455 e. The summed E-state index contributed by atoms with van der Waals surface area (Å²) in [5.41, 5.74) is 13.6. The summed E-state index contributed by atoms with van der Waals surface area (Å²) in [5.74, 6) is 0. The molecule has 0 unspecified atom stereocenters. The van der Waals surface area contributed by atoms with E-state index in [0.29, 0.717) is 0 Å². The van der Waals surface area contributed by atoms with Crippen LogP contribution in [-0.2, 0) is 0 Å². The highest BCUT2D eigenvalue weighted by atomic mass is 32.1. The first-order chi connectivity index (χ1) is 25.2. The number of aromatic nitrogens is 1. The smallest absolute Gasteiger partial charge is 0.143 e. The quantitative estimate of drug-likeness (QED) is 0.199. The molecule has 238 valence electrons. The van der Waals surface area contributed by atoms with Crippen molar-refractivity contribution in [2.45, 2.75) is 0 Å². The lowest BCUT2D eigenvalue weighted by Gasteiger charge is -2.10. The zero-order chi connectivity index (χ0) is 33.5. The maximum atomic E-state index is 6.40. The Balaban J connectivity index is 0.981. The molecule has 0 amide bonds. The van der Waals surface area contributed by atoms with E-state index in [1.54, 1.807) is 0 Å². The van der Waals surface area contributed by atoms with Crippen molar-refractivity contribution in [2.24, 2.45) is 0 Å². The van der Waals surface area contributed by atoms with Gasteiger partial charge in [0, 0.05) is 58.4 Å². The van der Waals surface area contributed by atoms with Gasteiger partial charge in [-0.2, -0.15) is 0 Å². The third-order valence-corrected chi connectivity index (χ3v) is 11.6. The van der Waals surface area contributed by atoms with Gasteiger partial charge in [-0.1, -0.05) is 127 Å². The van der Waals surface area contributed by atoms with Crippen molar-refractivity contribution in [3.05, 3.63) is 170 Å². The highest BCUT2D eigenvalue weighted by Crippen LogP contribution is 2.41. The zero-order valence-electron chi connectivity index (χ0n) is 27.5. The Bertz CT molecular complexity index is 3160. The Morgan fingerprint density at radius 1 is 0.373 bits per heavy atom. The minimum atomic E-state index is 0.917. The normalized spacial score (nSPS) is 11.9. The first-order valence-electron chi connectivity index (χ1n) is 17.3. The van der Waals surface area contributed by atoms with Crippen LogP contribution in [0.15, 0.2) is 174 Å². The number of hydrogen-bond donors (Lipinski definition) is 1. The number of furan rings is 1. The van der Waals surface area contributed by atoms with Crippen molar-refractivity contribution in [3.63, 3.8) is 0 Å². The zero-order valence-corrected chi connectivity index (χ0v) is 28.3. The second-order valence-corrected chi connectivity index (χ2v) is 14.4. The van der Waals surface area contributed by atoms with Crippen molar-refractivity contribution in [1.82, 2.24) is 4.98 Å². The lowest BCUT2D eigenvalue weighted by molar-refractivity contribution is 0.670. The summed E-state index contributed by atoms with van der Waals surface area (Å²) in [6.45, 7) is 0. The van der Waals surface area contributed by atoms with Gasteiger partial charge in [-0.3, -0.25) is 0 Å². The molecule has 8 aromatic carbocycles. The van der Waals surface area contributed by atoms with Gasteiger partial charge in [0.1, 0.15) is 11.2 Å². The molecular weight excluding hydrogens is 639 g/mol. The highest BCUT2D eigenvalue weighted by Gasteiger charge is 2.15. The van der Waals surface area contributed by atoms with Gasteiger partial charge in [0.25, 0.3) is 0 Å². The van der Waals surface area contributed by atoms with Gasteiger partial charge in [-0.05, 0) is 75.8 Å². The van der Waals surface area contributed by atoms with E-state index in [-0.39, 0.29) is 0 Å². The van der Waals surface area contributed by atoms with Gasteiger partial charge >= 0.3 is 0 Å². The first-order valence-corrected chi connectivity index (χ1v) is 18.1. The fraction of sp³-hybridized carbons (Fsp3) is 0. The molecule has 0 aliphatic heterocycles. The number of fused-ring (bicyclic) bond motifs is 9. The van der Waals surface area contributed by atoms with Crippen LogP contribution in [0.1, 0.15) is 0 Å². The Morgan fingerprint density at radius 2 is 0.980 bits per heavy atom. The standard InChI is InChI=1S/C48H29NOS/c1-3-19-44-37(13-1)41-18-8-16-36(48(41)50-44)34-22-24-43-42(27-34)40-17-7-15-35(47(40)49-43)33-12-6-11-31(26-33)29-9-5-10-30(25-29)32-21-23-39-38-14-2-4-20-45(38)51-46(39)28-32/h1-28,49H. The molecule has 0 aliphatic carbocycles. The predicted octanol–water partition coefficient (Wildman–Crippen LogP) is 14.3. The summed E-state index contributed by atoms with van der Waals surface area (Å²) in [4.78, 5) is 3.77. The number of aromatic amines is 1. The molecule has 1 N–H and O–H groups in total. The summed E-state index contributed by atoms with van der Waals surface area (Å²) in [5, 5.41) is 7.37. The van der Waals surface area contributed by atoms with Crippen molar-refractivity contribution in [1.29, 1.82) is 0 Å². The Labute approximate surface area is 297 Å². The van der Waals surface area contributed by atoms with Crippen molar-refractivity contribution in [3.8, 4) is 44.5 Å². The van der Waals surface area contributed by atoms with Crippen molar-refractivity contribution >= 4 is 75.3 Å². The molecule has 3 heteroatoms. The van der Waals surface area contributed by atoms with Gasteiger partial charge in [-0.25, -0.2) is 0 Å². The maximum Gasteiger partial charge on any atom is 0.143 e. The maximum absolute atomic E-state index is 6.40. The third-order valence-electron chi connectivity index (χ3n) is 10.4. The second-order valence-electron chi connectivity index (χ2n) is 13.4. The summed E-state index contributed by atoms with van der Waals surface area (Å²) >= 11 is 1.87. The van der Waals surface area contributed by atoms with Crippen LogP contribution < -0.4 is 0 Å². The number of benzene rings is 8. The monoisotopic (exact) mass is 667 g/mol. The third kappa shape index (κ3) is 4.49. The highest BCUT2D eigenvalue weighted by molar-refractivity contribution is 7.25. The predicted molar refractivity (Wildman–Crippen MR) is 218 cm³/mol. The number of nitrogens with one attached hydrogen (secondary N) is 1. The van der Waals surface area contributed by atoms with Crippen LogP contribution in [0.25, 0.3) is 108 Å². The number of thiophene rings is 1. The van der Waals surface area contributed by atoms with Crippen LogP contribution in [0.4, 0.5) is 0 Å². The number of hydrogen-bond acceptors (Lipinski definition) is 2. The molecule has 2 nitrogen and oxygen atoms in total. The molecule has 0 saturated carbocycles. The SMILES string of the molecule is c1cc(-c2cccc(-c3cccc4c3[nH]c3ccc(-c5cccc6c5oc5ccccc56)cc34)c2)cc(-c2ccc3c(c2)sc2ccccc23)c1. The molecule has 0 spiro atoms. The van der Waals surface area contributed by atoms with E-state index in [2.05, 4.69) is 163 Å². The van der Waals surface area contributed by atoms with E-state index in [1.807, 2.05) is 23.5 Å². The summed E-state index contributed by atoms with van der Waals surface area (Å²) in [7, 11) is 0. The summed E-state index contributed by atoms with van der Waals surface area (Å²) in [6.07, 6.45) is 0. The van der Waals surface area contributed by atoms with E-state index in [4.69, 9.17) is 4.42 Å². The lowest BCUT2D eigenvalue weighted by Crippen LogP contribution is -1.84. The number of H-pyrrole nitrogens is 1. The van der Waals surface area contributed by atoms with Crippen LogP contribution in [0, 0.1) is 0 Å². The fourth-order valence-electron chi connectivity index (χ4n) is 7.95. The second kappa shape index (κ2) is 11.0. The van der Waals surface area contributed by atoms with Gasteiger partial charge < -0.3 is 9.40 Å². The molecule has 0 bridgehead atoms. The van der Waals surface area contributed by atoms with Crippen LogP contribution >= 0.6 is 11.3 Å². The van der Waals surface area contributed by atoms with Gasteiger partial charge in [0.2, 0.25) is 0 Å². The van der Waals surface area contributed by atoms with E-state index in [9.17, 15) is 0 Å². The van der Waals surface area contributed by atoms with Gasteiger partial charge in [-0.15, -0.1) is 11.3 Å². The van der Waals surface area contributed by atoms with Crippen molar-refractivity contribution < 1.29 is 4.42 Å². The molecule has 0 aliphatic rings. The van der Waals surface area contributed by atoms with Crippen LogP contribution in [0.3, 0.4) is 0 Å². The van der Waals surface area contributed by atoms with E-state index in [1.165, 1.54) is 64.3 Å². The van der Waals surface area contributed by atoms with Gasteiger partial charge in [0.15, 0.2) is 0 Å². The van der Waals surface area contributed by atoms with Crippen molar-refractivity contribution in [2.75, 3.05) is 0 Å². The minimum absolute atomic E-state index is 0.917. The summed E-state index contributed by atoms with van der Waals surface area (Å²) in [6, 6.07) is 61.5. The van der Waals surface area contributed by atoms with Crippen LogP contribution in [0.5, 0.6) is 0 Å². The van der Waals surface area contributed by atoms with Crippen LogP contribution in [-0.4, -0.2) is 4.98 Å². The first kappa shape index (κ1) is 28.4. The molecule has 0 atom stereocenters. The average molecular weight is 668 g/mol. The molecule has 0 radical (unpaired) electrons. The molecule has 3 aromatic heterocycles. The van der Waals surface area contributed by atoms with E-state index >= 15 is 0 Å². The molecule has 0 saturated heterocycles. The Kier molecular flexibility index (Phi) is 6.16. The average Bonchev–Trinajstić information content (AvgIpc) is 3.88. The molecule has 11 rings (SSSR count).